The summed E-state index contributed by atoms with van der Waals surface area (Å²) in [4.78, 5) is 38.8. The number of carbonyl (C=O) groups is 3. The first kappa shape index (κ1) is 22.3. The SMILES string of the molecule is CCCN1C(=O)[C@@](NC(=O)c2ccccc2OC)(C(F)(F)F)C(C(=O)OC)=C1C. The maximum absolute atomic E-state index is 14.3. The minimum atomic E-state index is -5.31. The van der Waals surface area contributed by atoms with Gasteiger partial charge >= 0.3 is 12.1 Å². The second-order valence-corrected chi connectivity index (χ2v) is 6.31. The fraction of sp³-hybridized carbons (Fsp3) is 0.421. The first-order valence-corrected chi connectivity index (χ1v) is 8.70. The van der Waals surface area contributed by atoms with E-state index >= 15 is 0 Å². The maximum atomic E-state index is 14.3. The molecule has 0 aromatic heterocycles. The lowest BCUT2D eigenvalue weighted by Crippen LogP contribution is -2.66. The lowest BCUT2D eigenvalue weighted by Gasteiger charge is -2.33. The third-order valence-corrected chi connectivity index (χ3v) is 4.62. The van der Waals surface area contributed by atoms with Gasteiger partial charge in [0, 0.05) is 12.2 Å². The van der Waals surface area contributed by atoms with Crippen LogP contribution in [0.25, 0.3) is 0 Å². The molecule has 0 saturated heterocycles. The van der Waals surface area contributed by atoms with Gasteiger partial charge in [0.25, 0.3) is 17.4 Å². The van der Waals surface area contributed by atoms with Crippen molar-refractivity contribution in [1.82, 2.24) is 10.2 Å². The van der Waals surface area contributed by atoms with Gasteiger partial charge in [0.15, 0.2) is 0 Å². The number of hydrogen-bond acceptors (Lipinski definition) is 5. The molecule has 1 aromatic carbocycles. The van der Waals surface area contributed by atoms with E-state index < -0.39 is 35.1 Å². The molecule has 2 rings (SSSR count). The highest BCUT2D eigenvalue weighted by Gasteiger charge is 2.70. The van der Waals surface area contributed by atoms with Gasteiger partial charge in [0.1, 0.15) is 11.3 Å². The van der Waals surface area contributed by atoms with Crippen LogP contribution in [0.1, 0.15) is 30.6 Å². The Kier molecular flexibility index (Phi) is 6.24. The van der Waals surface area contributed by atoms with E-state index in [-0.39, 0.29) is 23.6 Å². The van der Waals surface area contributed by atoms with E-state index in [1.165, 1.54) is 38.3 Å². The van der Waals surface area contributed by atoms with Gasteiger partial charge in [0.05, 0.1) is 19.8 Å². The molecular formula is C19H21F3N2O5. The van der Waals surface area contributed by atoms with E-state index in [0.717, 1.165) is 12.0 Å². The molecule has 1 atom stereocenters. The number of nitrogens with one attached hydrogen (secondary N) is 1. The standard InChI is InChI=1S/C19H21F3N2O5/c1-5-10-24-11(2)14(16(26)29-4)18(17(24)27,19(20,21)22)23-15(25)12-8-6-7-9-13(12)28-3/h6-9H,5,10H2,1-4H3,(H,23,25)/t18-/m1/s1. The van der Waals surface area contributed by atoms with Crippen LogP contribution in [0, 0.1) is 0 Å². The molecule has 158 valence electrons. The quantitative estimate of drug-likeness (QED) is 0.723. The molecule has 7 nitrogen and oxygen atoms in total. The minimum absolute atomic E-state index is 0.0125. The Morgan fingerprint density at radius 1 is 1.21 bits per heavy atom. The highest BCUT2D eigenvalue weighted by molar-refractivity contribution is 6.12. The number of methoxy groups -OCH3 is 2. The van der Waals surface area contributed by atoms with Crippen molar-refractivity contribution in [1.29, 1.82) is 0 Å². The first-order chi connectivity index (χ1) is 13.6. The molecule has 0 spiro atoms. The number of carbonyl (C=O) groups excluding carboxylic acids is 3. The van der Waals surface area contributed by atoms with E-state index in [2.05, 4.69) is 4.74 Å². The molecule has 1 N–H and O–H groups in total. The van der Waals surface area contributed by atoms with Crippen molar-refractivity contribution < 1.29 is 37.0 Å². The minimum Gasteiger partial charge on any atom is -0.496 e. The summed E-state index contributed by atoms with van der Waals surface area (Å²) >= 11 is 0. The topological polar surface area (TPSA) is 84.9 Å². The monoisotopic (exact) mass is 414 g/mol. The number of para-hydroxylation sites is 1. The molecule has 2 amide bonds. The summed E-state index contributed by atoms with van der Waals surface area (Å²) in [5.74, 6) is -4.03. The summed E-state index contributed by atoms with van der Waals surface area (Å²) < 4.78 is 52.5. The van der Waals surface area contributed by atoms with Crippen molar-refractivity contribution in [2.45, 2.75) is 32.0 Å². The molecule has 0 saturated carbocycles. The van der Waals surface area contributed by atoms with Crippen LogP contribution >= 0.6 is 0 Å². The summed E-state index contributed by atoms with van der Waals surface area (Å²) in [6, 6.07) is 5.59. The molecule has 1 aliphatic heterocycles. The predicted octanol–water partition coefficient (Wildman–Crippen LogP) is 2.43. The summed E-state index contributed by atoms with van der Waals surface area (Å²) in [5, 5.41) is 1.76. The third kappa shape index (κ3) is 3.54. The normalized spacial score (nSPS) is 19.4. The van der Waals surface area contributed by atoms with E-state index in [0.29, 0.717) is 6.42 Å². The second kappa shape index (κ2) is 8.14. The molecule has 0 unspecified atom stereocenters. The van der Waals surface area contributed by atoms with Crippen molar-refractivity contribution in [2.24, 2.45) is 0 Å². The van der Waals surface area contributed by atoms with Gasteiger partial charge in [-0.15, -0.1) is 0 Å². The predicted molar refractivity (Wildman–Crippen MR) is 96.0 cm³/mol. The van der Waals surface area contributed by atoms with Crippen LogP contribution in [-0.2, 0) is 14.3 Å². The molecule has 0 aliphatic carbocycles. The van der Waals surface area contributed by atoms with Crippen molar-refractivity contribution in [3.05, 3.63) is 41.1 Å². The van der Waals surface area contributed by atoms with Gasteiger partial charge in [0.2, 0.25) is 0 Å². The fourth-order valence-electron chi connectivity index (χ4n) is 3.28. The van der Waals surface area contributed by atoms with Crippen LogP contribution in [0.3, 0.4) is 0 Å². The highest BCUT2D eigenvalue weighted by atomic mass is 19.4. The Labute approximate surface area is 165 Å². The van der Waals surface area contributed by atoms with Gasteiger partial charge in [-0.25, -0.2) is 4.79 Å². The second-order valence-electron chi connectivity index (χ2n) is 6.31. The van der Waals surface area contributed by atoms with Gasteiger partial charge in [-0.3, -0.25) is 9.59 Å². The summed E-state index contributed by atoms with van der Waals surface area (Å²) in [7, 11) is 2.15. The Morgan fingerprint density at radius 2 is 1.83 bits per heavy atom. The number of halogens is 3. The number of alkyl halides is 3. The molecule has 0 radical (unpaired) electrons. The summed E-state index contributed by atoms with van der Waals surface area (Å²) in [5.41, 5.74) is -4.98. The van der Waals surface area contributed by atoms with E-state index in [9.17, 15) is 27.6 Å². The zero-order chi connectivity index (χ0) is 22.0. The van der Waals surface area contributed by atoms with Crippen LogP contribution in [0.15, 0.2) is 35.5 Å². The lowest BCUT2D eigenvalue weighted by molar-refractivity contribution is -0.192. The fourth-order valence-corrected chi connectivity index (χ4v) is 3.28. The van der Waals surface area contributed by atoms with Crippen LogP contribution in [-0.4, -0.2) is 55.2 Å². The summed E-state index contributed by atoms with van der Waals surface area (Å²) in [6.07, 6.45) is -4.97. The largest absolute Gasteiger partial charge is 0.496 e. The number of nitrogens with zero attached hydrogens (tertiary/aromatic N) is 1. The van der Waals surface area contributed by atoms with Crippen molar-refractivity contribution in [3.8, 4) is 5.75 Å². The van der Waals surface area contributed by atoms with Crippen molar-refractivity contribution in [3.63, 3.8) is 0 Å². The number of ether oxygens (including phenoxy) is 2. The van der Waals surface area contributed by atoms with Gasteiger partial charge in [-0.1, -0.05) is 19.1 Å². The maximum Gasteiger partial charge on any atom is 0.425 e. The highest BCUT2D eigenvalue weighted by Crippen LogP contribution is 2.45. The molecule has 1 aliphatic rings. The Morgan fingerprint density at radius 3 is 2.34 bits per heavy atom. The Bertz CT molecular complexity index is 866. The van der Waals surface area contributed by atoms with Crippen molar-refractivity contribution in [2.75, 3.05) is 20.8 Å². The average molecular weight is 414 g/mol. The first-order valence-electron chi connectivity index (χ1n) is 8.70. The number of allylic oxidation sites excluding steroid dienone is 1. The number of esters is 1. The van der Waals surface area contributed by atoms with Gasteiger partial charge in [-0.2, -0.15) is 13.2 Å². The third-order valence-electron chi connectivity index (χ3n) is 4.62. The van der Waals surface area contributed by atoms with E-state index in [1.54, 1.807) is 12.2 Å². The number of rotatable bonds is 6. The van der Waals surface area contributed by atoms with Gasteiger partial charge < -0.3 is 19.7 Å². The molecule has 1 heterocycles. The van der Waals surface area contributed by atoms with Crippen LogP contribution in [0.5, 0.6) is 5.75 Å². The number of amides is 2. The molecule has 10 heteroatoms. The number of hydrogen-bond donors (Lipinski definition) is 1. The average Bonchev–Trinajstić information content (AvgIpc) is 2.89. The molecular weight excluding hydrogens is 393 g/mol. The number of benzene rings is 1. The van der Waals surface area contributed by atoms with Gasteiger partial charge in [-0.05, 0) is 25.5 Å². The van der Waals surface area contributed by atoms with Crippen LogP contribution in [0.2, 0.25) is 0 Å². The smallest absolute Gasteiger partial charge is 0.425 e. The zero-order valence-electron chi connectivity index (χ0n) is 16.3. The van der Waals surface area contributed by atoms with E-state index in [4.69, 9.17) is 4.74 Å². The molecule has 0 fully saturated rings. The van der Waals surface area contributed by atoms with E-state index in [1.807, 2.05) is 0 Å². The van der Waals surface area contributed by atoms with Crippen LogP contribution in [0.4, 0.5) is 13.2 Å². The molecule has 1 aromatic rings. The van der Waals surface area contributed by atoms with Crippen molar-refractivity contribution >= 4 is 17.8 Å². The zero-order valence-corrected chi connectivity index (χ0v) is 16.3. The molecule has 29 heavy (non-hydrogen) atoms. The molecule has 0 bridgehead atoms. The van der Waals surface area contributed by atoms with Crippen LogP contribution < -0.4 is 10.1 Å². The Hall–Kier alpha value is -3.04. The Balaban J connectivity index is 2.69. The summed E-state index contributed by atoms with van der Waals surface area (Å²) in [6.45, 7) is 2.81. The lowest BCUT2D eigenvalue weighted by atomic mass is 9.88.